The van der Waals surface area contributed by atoms with Crippen molar-refractivity contribution >= 4 is 12.6 Å². The lowest BCUT2D eigenvalue weighted by Gasteiger charge is -2.09. The van der Waals surface area contributed by atoms with Gasteiger partial charge in [0.25, 0.3) is 0 Å². The Balaban J connectivity index is 2.14. The molecule has 0 radical (unpaired) electrons. The minimum absolute atomic E-state index is 0.105. The summed E-state index contributed by atoms with van der Waals surface area (Å²) in [5, 5.41) is 18.2. The highest BCUT2D eigenvalue weighted by Gasteiger charge is 2.30. The van der Waals surface area contributed by atoms with E-state index in [9.17, 15) is 5.02 Å². The van der Waals surface area contributed by atoms with Crippen LogP contribution in [0.25, 0.3) is 0 Å². The van der Waals surface area contributed by atoms with Crippen molar-refractivity contribution in [3.63, 3.8) is 0 Å². The second kappa shape index (κ2) is 4.66. The molecule has 15 heavy (non-hydrogen) atoms. The quantitative estimate of drug-likeness (QED) is 0.525. The Morgan fingerprint density at radius 3 is 3.13 bits per heavy atom. The molecule has 1 heterocycles. The van der Waals surface area contributed by atoms with E-state index < -0.39 is 7.12 Å². The largest absolute Gasteiger partial charge is 0.495 e. The van der Waals surface area contributed by atoms with Crippen LogP contribution in [0.2, 0.25) is 0 Å². The summed E-state index contributed by atoms with van der Waals surface area (Å²) in [7, 11) is -0.884. The minimum atomic E-state index is -0.884. The number of rotatable bonds is 4. The zero-order valence-electron chi connectivity index (χ0n) is 8.35. The Morgan fingerprint density at radius 1 is 1.47 bits per heavy atom. The van der Waals surface area contributed by atoms with Crippen LogP contribution in [0.3, 0.4) is 0 Å². The summed E-state index contributed by atoms with van der Waals surface area (Å²) in [5.74, 6) is 0.644. The second-order valence-corrected chi connectivity index (χ2v) is 3.42. The lowest BCUT2D eigenvalue weighted by atomic mass is 9.79. The molecule has 0 aromatic heterocycles. The number of benzene rings is 1. The van der Waals surface area contributed by atoms with E-state index in [-0.39, 0.29) is 6.61 Å². The first-order valence-electron chi connectivity index (χ1n) is 4.98. The van der Waals surface area contributed by atoms with Crippen molar-refractivity contribution in [1.29, 1.82) is 0 Å². The summed E-state index contributed by atoms with van der Waals surface area (Å²) >= 11 is 0. The van der Waals surface area contributed by atoms with Crippen molar-refractivity contribution in [2.24, 2.45) is 0 Å². The Hall–Kier alpha value is -1.04. The van der Waals surface area contributed by atoms with Gasteiger partial charge in [-0.05, 0) is 11.6 Å². The van der Waals surface area contributed by atoms with Gasteiger partial charge >= 0.3 is 7.12 Å². The number of fused-ring (bicyclic) bond motifs is 1. The first-order chi connectivity index (χ1) is 7.33. The van der Waals surface area contributed by atoms with Crippen LogP contribution in [0.4, 0.5) is 0 Å². The molecule has 1 aliphatic rings. The van der Waals surface area contributed by atoms with Gasteiger partial charge in [-0.3, -0.25) is 0 Å². The average Bonchev–Trinajstić information content (AvgIpc) is 2.62. The Kier molecular flexibility index (Phi) is 3.25. The number of aliphatic hydroxyl groups excluding tert-OH is 1. The Bertz CT molecular complexity index is 342. The maximum absolute atomic E-state index is 9.57. The van der Waals surface area contributed by atoms with Crippen LogP contribution in [-0.4, -0.2) is 30.5 Å². The van der Waals surface area contributed by atoms with Crippen molar-refractivity contribution in [1.82, 2.24) is 0 Å². The van der Waals surface area contributed by atoms with Crippen molar-refractivity contribution in [2.75, 3.05) is 13.2 Å². The highest BCUT2D eigenvalue weighted by atomic mass is 16.5. The second-order valence-electron chi connectivity index (χ2n) is 3.42. The van der Waals surface area contributed by atoms with Crippen LogP contribution in [0.5, 0.6) is 5.75 Å². The predicted octanol–water partition coefficient (Wildman–Crippen LogP) is -0.335. The van der Waals surface area contributed by atoms with Crippen LogP contribution in [-0.2, 0) is 11.3 Å². The van der Waals surface area contributed by atoms with Crippen molar-refractivity contribution in [3.05, 3.63) is 23.8 Å². The first kappa shape index (κ1) is 10.5. The van der Waals surface area contributed by atoms with E-state index in [0.717, 1.165) is 11.0 Å². The van der Waals surface area contributed by atoms with Gasteiger partial charge in [0.05, 0.1) is 13.2 Å². The summed E-state index contributed by atoms with van der Waals surface area (Å²) in [6.45, 7) is 0.974. The predicted molar refractivity (Wildman–Crippen MR) is 56.0 cm³/mol. The summed E-state index contributed by atoms with van der Waals surface area (Å²) in [6.07, 6.45) is 0.584. The molecule has 4 nitrogen and oxygen atoms in total. The van der Waals surface area contributed by atoms with Crippen LogP contribution in [0.15, 0.2) is 18.2 Å². The van der Waals surface area contributed by atoms with Gasteiger partial charge in [-0.15, -0.1) is 0 Å². The van der Waals surface area contributed by atoms with Crippen molar-refractivity contribution in [2.45, 2.75) is 13.0 Å². The Morgan fingerprint density at radius 2 is 2.33 bits per heavy atom. The molecule has 1 aromatic carbocycles. The zero-order chi connectivity index (χ0) is 10.7. The molecule has 0 aliphatic carbocycles. The molecule has 2 rings (SSSR count). The smallest absolute Gasteiger partial charge is 0.494 e. The van der Waals surface area contributed by atoms with E-state index in [2.05, 4.69) is 0 Å². The van der Waals surface area contributed by atoms with Crippen LogP contribution in [0.1, 0.15) is 12.0 Å². The lowest BCUT2D eigenvalue weighted by molar-refractivity contribution is 0.234. The number of aliphatic hydroxyl groups is 1. The third-order valence-electron chi connectivity index (χ3n) is 2.36. The maximum Gasteiger partial charge on any atom is 0.495 e. The number of hydrogen-bond acceptors (Lipinski definition) is 4. The van der Waals surface area contributed by atoms with Crippen molar-refractivity contribution in [3.8, 4) is 5.75 Å². The molecule has 0 bridgehead atoms. The fraction of sp³-hybridized carbons (Fsp3) is 0.400. The third kappa shape index (κ3) is 2.14. The lowest BCUT2D eigenvalue weighted by Crippen LogP contribution is -2.30. The van der Waals surface area contributed by atoms with Gasteiger partial charge < -0.3 is 19.5 Å². The van der Waals surface area contributed by atoms with E-state index >= 15 is 0 Å². The molecule has 0 saturated heterocycles. The number of hydrogen-bond donors (Lipinski definition) is 2. The van der Waals surface area contributed by atoms with Crippen LogP contribution < -0.4 is 10.2 Å². The molecule has 0 atom stereocenters. The summed E-state index contributed by atoms with van der Waals surface area (Å²) in [6, 6.07) is 5.58. The SMILES string of the molecule is OCCCOc1cccc2c1B(O)OC2. The van der Waals surface area contributed by atoms with E-state index in [0.29, 0.717) is 25.4 Å². The van der Waals surface area contributed by atoms with Gasteiger partial charge in [0, 0.05) is 18.5 Å². The van der Waals surface area contributed by atoms with Gasteiger partial charge in [0.1, 0.15) is 5.75 Å². The van der Waals surface area contributed by atoms with Crippen LogP contribution >= 0.6 is 0 Å². The van der Waals surface area contributed by atoms with Gasteiger partial charge in [-0.25, -0.2) is 0 Å². The molecule has 1 aromatic rings. The first-order valence-corrected chi connectivity index (χ1v) is 4.98. The molecule has 5 heteroatoms. The van der Waals surface area contributed by atoms with E-state index in [1.807, 2.05) is 12.1 Å². The molecule has 2 N–H and O–H groups in total. The molecule has 1 aliphatic heterocycles. The topological polar surface area (TPSA) is 58.9 Å². The van der Waals surface area contributed by atoms with Gasteiger partial charge in [-0.1, -0.05) is 12.1 Å². The van der Waals surface area contributed by atoms with E-state index in [1.165, 1.54) is 0 Å². The van der Waals surface area contributed by atoms with Gasteiger partial charge in [0.2, 0.25) is 0 Å². The maximum atomic E-state index is 9.57. The van der Waals surface area contributed by atoms with Crippen molar-refractivity contribution < 1.29 is 19.5 Å². The molecule has 0 saturated carbocycles. The molecule has 80 valence electrons. The van der Waals surface area contributed by atoms with Gasteiger partial charge in [0.15, 0.2) is 0 Å². The summed E-state index contributed by atoms with van der Waals surface area (Å²) < 4.78 is 10.6. The highest BCUT2D eigenvalue weighted by Crippen LogP contribution is 2.18. The monoisotopic (exact) mass is 208 g/mol. The van der Waals surface area contributed by atoms with E-state index in [4.69, 9.17) is 14.5 Å². The molecule has 0 amide bonds. The summed E-state index contributed by atoms with van der Waals surface area (Å²) in [5.41, 5.74) is 1.68. The highest BCUT2D eigenvalue weighted by molar-refractivity contribution is 6.62. The van der Waals surface area contributed by atoms with Crippen LogP contribution in [0, 0.1) is 0 Å². The van der Waals surface area contributed by atoms with E-state index in [1.54, 1.807) is 6.07 Å². The molecular weight excluding hydrogens is 195 g/mol. The average molecular weight is 208 g/mol. The zero-order valence-corrected chi connectivity index (χ0v) is 8.35. The Labute approximate surface area is 88.6 Å². The standard InChI is InChI=1S/C10H13BO4/c12-5-2-6-14-9-4-1-3-8-7-15-11(13)10(8)9/h1,3-4,12-13H,2,5-7H2. The third-order valence-corrected chi connectivity index (χ3v) is 2.36. The molecular formula is C10H13BO4. The fourth-order valence-corrected chi connectivity index (χ4v) is 1.62. The fourth-order valence-electron chi connectivity index (χ4n) is 1.62. The molecule has 0 fully saturated rings. The normalized spacial score (nSPS) is 14.1. The van der Waals surface area contributed by atoms with Gasteiger partial charge in [-0.2, -0.15) is 0 Å². The number of ether oxygens (including phenoxy) is 1. The molecule has 0 unspecified atom stereocenters. The summed E-state index contributed by atoms with van der Waals surface area (Å²) in [4.78, 5) is 0. The molecule has 0 spiro atoms. The minimum Gasteiger partial charge on any atom is -0.494 e.